The zero-order valence-electron chi connectivity index (χ0n) is 20.2. The van der Waals surface area contributed by atoms with E-state index in [0.717, 1.165) is 17.2 Å². The van der Waals surface area contributed by atoms with Crippen LogP contribution in [0.1, 0.15) is 29.8 Å². The summed E-state index contributed by atoms with van der Waals surface area (Å²) in [5.74, 6) is -2.05. The Hall–Kier alpha value is -3.92. The first-order valence-electron chi connectivity index (χ1n) is 10.8. The molecule has 10 nitrogen and oxygen atoms in total. The second kappa shape index (κ2) is 10.6. The molecule has 0 aliphatic carbocycles. The zero-order valence-corrected chi connectivity index (χ0v) is 20.2. The molecule has 3 rings (SSSR count). The third-order valence-electron chi connectivity index (χ3n) is 5.57. The van der Waals surface area contributed by atoms with Gasteiger partial charge in [-0.25, -0.2) is 4.79 Å². The number of ketones is 1. The smallest absolute Gasteiger partial charge is 0.339 e. The maximum Gasteiger partial charge on any atom is 0.339 e. The van der Waals surface area contributed by atoms with Crippen molar-refractivity contribution in [2.24, 2.45) is 0 Å². The van der Waals surface area contributed by atoms with Crippen LogP contribution in [0.2, 0.25) is 0 Å². The number of methoxy groups -OCH3 is 2. The maximum absolute atomic E-state index is 13.2. The molecule has 1 aliphatic heterocycles. The van der Waals surface area contributed by atoms with Crippen LogP contribution < -0.4 is 15.4 Å². The van der Waals surface area contributed by atoms with E-state index in [-0.39, 0.29) is 17.9 Å². The molecular weight excluding hydrogens is 456 g/mol. The Morgan fingerprint density at radius 1 is 1.17 bits per heavy atom. The Bertz CT molecular complexity index is 1200. The highest BCUT2D eigenvalue weighted by atomic mass is 16.6. The minimum absolute atomic E-state index is 0.0626. The number of carbonyl (C=O) groups is 4. The lowest BCUT2D eigenvalue weighted by Crippen LogP contribution is -2.48. The molecule has 0 radical (unpaired) electrons. The third-order valence-corrected chi connectivity index (χ3v) is 5.57. The van der Waals surface area contributed by atoms with Crippen molar-refractivity contribution in [3.05, 3.63) is 53.4 Å². The summed E-state index contributed by atoms with van der Waals surface area (Å²) in [6.45, 7) is 4.55. The van der Waals surface area contributed by atoms with Crippen molar-refractivity contribution in [1.82, 2.24) is 10.6 Å². The second-order valence-corrected chi connectivity index (χ2v) is 8.32. The van der Waals surface area contributed by atoms with Crippen molar-refractivity contribution >= 4 is 34.3 Å². The molecule has 0 unspecified atom stereocenters. The fourth-order valence-electron chi connectivity index (χ4n) is 3.46. The molecule has 2 aromatic rings. The minimum atomic E-state index is -1.31. The number of epoxide rings is 1. The molecule has 186 valence electrons. The van der Waals surface area contributed by atoms with Gasteiger partial charge in [-0.1, -0.05) is 18.2 Å². The Morgan fingerprint density at radius 3 is 2.49 bits per heavy atom. The van der Waals surface area contributed by atoms with Crippen LogP contribution >= 0.6 is 0 Å². The number of esters is 1. The van der Waals surface area contributed by atoms with E-state index in [1.54, 1.807) is 19.1 Å². The molecule has 1 heterocycles. The fraction of sp³-hybridized carbons (Fsp3) is 0.360. The van der Waals surface area contributed by atoms with Crippen molar-refractivity contribution in [3.8, 4) is 5.75 Å². The lowest BCUT2D eigenvalue weighted by Gasteiger charge is -2.21. The molecule has 2 aromatic carbocycles. The van der Waals surface area contributed by atoms with Crippen molar-refractivity contribution in [2.75, 3.05) is 27.4 Å². The van der Waals surface area contributed by atoms with Gasteiger partial charge in [0.25, 0.3) is 5.91 Å². The van der Waals surface area contributed by atoms with E-state index in [0.29, 0.717) is 11.1 Å². The number of rotatable bonds is 10. The SMILES string of the molecule is CO/C=C(/NC(=O)CNC(=O)[C@@H](OC(=O)c1cc(OC)cc2c(C)cccc12)[C@@]1(C)CO1)C(C)=O. The van der Waals surface area contributed by atoms with Crippen LogP contribution in [0.3, 0.4) is 0 Å². The van der Waals surface area contributed by atoms with Gasteiger partial charge in [0.15, 0.2) is 5.78 Å². The molecule has 0 aromatic heterocycles. The zero-order chi connectivity index (χ0) is 25.8. The highest BCUT2D eigenvalue weighted by Gasteiger charge is 2.53. The average Bonchev–Trinajstić information content (AvgIpc) is 3.58. The van der Waals surface area contributed by atoms with Gasteiger partial charge < -0.3 is 29.6 Å². The predicted octanol–water partition coefficient (Wildman–Crippen LogP) is 1.78. The number of fused-ring (bicyclic) bond motifs is 1. The van der Waals surface area contributed by atoms with E-state index >= 15 is 0 Å². The van der Waals surface area contributed by atoms with Crippen LogP contribution in [-0.4, -0.2) is 62.6 Å². The molecule has 1 aliphatic rings. The molecule has 2 atom stereocenters. The van der Waals surface area contributed by atoms with Gasteiger partial charge in [0.2, 0.25) is 12.0 Å². The fourth-order valence-corrected chi connectivity index (χ4v) is 3.46. The number of allylic oxidation sites excluding steroid dienone is 1. The van der Waals surface area contributed by atoms with Gasteiger partial charge in [0.1, 0.15) is 23.3 Å². The quantitative estimate of drug-likeness (QED) is 0.226. The largest absolute Gasteiger partial charge is 0.502 e. The van der Waals surface area contributed by atoms with Crippen molar-refractivity contribution in [3.63, 3.8) is 0 Å². The minimum Gasteiger partial charge on any atom is -0.502 e. The molecule has 35 heavy (non-hydrogen) atoms. The normalized spacial score (nSPS) is 17.8. The number of amides is 2. The van der Waals surface area contributed by atoms with Crippen molar-refractivity contribution in [1.29, 1.82) is 0 Å². The standard InChI is InChI=1S/C25H28N2O8/c1-14-7-6-8-17-18(14)9-16(33-5)10-19(17)24(31)35-22(25(3)13-34-25)23(30)26-11-21(29)27-20(12-32-4)15(2)28/h6-10,12,22H,11,13H2,1-5H3,(H,26,30)(H,27,29)/b20-12+/t22-,25-/m1/s1. The van der Waals surface area contributed by atoms with Crippen LogP contribution in [0.25, 0.3) is 10.8 Å². The van der Waals surface area contributed by atoms with Crippen molar-refractivity contribution < 1.29 is 38.1 Å². The van der Waals surface area contributed by atoms with Gasteiger partial charge >= 0.3 is 5.97 Å². The molecule has 2 N–H and O–H groups in total. The number of Topliss-reactive ketones (excluding diaryl/α,β-unsaturated/α-hetero) is 1. The van der Waals surface area contributed by atoms with E-state index in [1.807, 2.05) is 25.1 Å². The molecule has 0 spiro atoms. The summed E-state index contributed by atoms with van der Waals surface area (Å²) in [4.78, 5) is 49.8. The van der Waals surface area contributed by atoms with E-state index in [9.17, 15) is 19.2 Å². The third kappa shape index (κ3) is 5.96. The van der Waals surface area contributed by atoms with Gasteiger partial charge in [-0.2, -0.15) is 0 Å². The summed E-state index contributed by atoms with van der Waals surface area (Å²) in [7, 11) is 2.83. The topological polar surface area (TPSA) is 133 Å². The second-order valence-electron chi connectivity index (χ2n) is 8.32. The number of ether oxygens (including phenoxy) is 4. The monoisotopic (exact) mass is 484 g/mol. The Labute approximate surface area is 202 Å². The van der Waals surface area contributed by atoms with Gasteiger partial charge in [-0.05, 0) is 42.3 Å². The Morgan fingerprint density at radius 2 is 1.89 bits per heavy atom. The summed E-state index contributed by atoms with van der Waals surface area (Å²) in [5, 5.41) is 6.25. The van der Waals surface area contributed by atoms with E-state index in [2.05, 4.69) is 10.6 Å². The lowest BCUT2D eigenvalue weighted by atomic mass is 10.00. The summed E-state index contributed by atoms with van der Waals surface area (Å²) in [6, 6.07) is 8.89. The van der Waals surface area contributed by atoms with Crippen LogP contribution in [-0.2, 0) is 28.6 Å². The average molecular weight is 485 g/mol. The molecule has 1 saturated heterocycles. The first-order chi connectivity index (χ1) is 16.6. The highest BCUT2D eigenvalue weighted by Crippen LogP contribution is 2.34. The number of carbonyl (C=O) groups excluding carboxylic acids is 4. The predicted molar refractivity (Wildman–Crippen MR) is 126 cm³/mol. The van der Waals surface area contributed by atoms with Crippen molar-refractivity contribution in [2.45, 2.75) is 32.5 Å². The molecule has 2 amide bonds. The van der Waals surface area contributed by atoms with Crippen LogP contribution in [0.4, 0.5) is 0 Å². The molecular formula is C25H28N2O8. The van der Waals surface area contributed by atoms with E-state index in [4.69, 9.17) is 18.9 Å². The Kier molecular flexibility index (Phi) is 7.75. The molecule has 10 heteroatoms. The number of nitrogens with one attached hydrogen (secondary N) is 2. The van der Waals surface area contributed by atoms with E-state index in [1.165, 1.54) is 21.1 Å². The number of benzene rings is 2. The van der Waals surface area contributed by atoms with Gasteiger partial charge in [0.05, 0.1) is 32.9 Å². The Balaban J connectivity index is 1.77. The number of hydrogen-bond acceptors (Lipinski definition) is 8. The summed E-state index contributed by atoms with van der Waals surface area (Å²) < 4.78 is 21.1. The summed E-state index contributed by atoms with van der Waals surface area (Å²) >= 11 is 0. The number of hydrogen-bond donors (Lipinski definition) is 2. The van der Waals surface area contributed by atoms with Crippen LogP contribution in [0.5, 0.6) is 5.75 Å². The molecule has 1 fully saturated rings. The van der Waals surface area contributed by atoms with Gasteiger partial charge in [-0.15, -0.1) is 0 Å². The van der Waals surface area contributed by atoms with Crippen LogP contribution in [0, 0.1) is 6.92 Å². The first kappa shape index (κ1) is 25.7. The van der Waals surface area contributed by atoms with Gasteiger partial charge in [0, 0.05) is 6.92 Å². The first-order valence-corrected chi connectivity index (χ1v) is 10.8. The lowest BCUT2D eigenvalue weighted by molar-refractivity contribution is -0.135. The molecule has 0 bridgehead atoms. The summed E-state index contributed by atoms with van der Waals surface area (Å²) in [6.07, 6.45) is -0.220. The van der Waals surface area contributed by atoms with Crippen LogP contribution in [0.15, 0.2) is 42.3 Å². The number of aryl methyl sites for hydroxylation is 1. The van der Waals surface area contributed by atoms with Gasteiger partial charge in [-0.3, -0.25) is 14.4 Å². The maximum atomic E-state index is 13.2. The molecule has 0 saturated carbocycles. The summed E-state index contributed by atoms with van der Waals surface area (Å²) in [5.41, 5.74) is 0.0909. The highest BCUT2D eigenvalue weighted by molar-refractivity contribution is 6.07. The van der Waals surface area contributed by atoms with E-state index < -0.39 is 41.8 Å².